The van der Waals surface area contributed by atoms with Gasteiger partial charge in [0.2, 0.25) is 11.8 Å². The van der Waals surface area contributed by atoms with Crippen LogP contribution in [0.25, 0.3) is 5.69 Å². The van der Waals surface area contributed by atoms with Crippen LogP contribution in [-0.2, 0) is 19.1 Å². The van der Waals surface area contributed by atoms with Gasteiger partial charge in [0.15, 0.2) is 0 Å². The molecule has 2 unspecified atom stereocenters. The van der Waals surface area contributed by atoms with Crippen molar-refractivity contribution in [2.75, 3.05) is 28.4 Å². The molecule has 2 atom stereocenters. The first-order valence-corrected chi connectivity index (χ1v) is 15.6. The summed E-state index contributed by atoms with van der Waals surface area (Å²) in [6, 6.07) is 27.4. The van der Waals surface area contributed by atoms with E-state index >= 15 is 0 Å². The number of hydrogen-bond acceptors (Lipinski definition) is 6. The fraction of sp³-hybridized carbons (Fsp3) is 0.324. The van der Waals surface area contributed by atoms with E-state index in [2.05, 4.69) is 29.2 Å². The third kappa shape index (κ3) is 6.69. The SMILES string of the molecule is Cc1nccn1-c1ccc(C2CC(C(=O)N(SN(C(=O)C3CCOCC3)c3ccccc3)c3ccccc3)CCO2)cc1. The van der Waals surface area contributed by atoms with Gasteiger partial charge in [0, 0.05) is 49.7 Å². The summed E-state index contributed by atoms with van der Waals surface area (Å²) in [5, 5.41) is 0. The van der Waals surface area contributed by atoms with Crippen LogP contribution in [0, 0.1) is 18.8 Å². The minimum absolute atomic E-state index is 0.00805. The molecule has 8 nitrogen and oxygen atoms in total. The van der Waals surface area contributed by atoms with E-state index < -0.39 is 0 Å². The number of hydrogen-bond donors (Lipinski definition) is 0. The molecule has 4 aromatic rings. The first-order chi connectivity index (χ1) is 21.1. The molecule has 3 aromatic carbocycles. The number of aromatic nitrogens is 2. The van der Waals surface area contributed by atoms with Crippen LogP contribution in [0.1, 0.15) is 43.2 Å². The van der Waals surface area contributed by atoms with Gasteiger partial charge in [-0.05, 0) is 74.6 Å². The monoisotopic (exact) mass is 596 g/mol. The summed E-state index contributed by atoms with van der Waals surface area (Å²) in [5.41, 5.74) is 3.56. The molecule has 9 heteroatoms. The molecule has 2 aliphatic rings. The molecule has 2 amide bonds. The predicted octanol–water partition coefficient (Wildman–Crippen LogP) is 6.70. The molecule has 1 aromatic heterocycles. The zero-order valence-electron chi connectivity index (χ0n) is 24.2. The van der Waals surface area contributed by atoms with Crippen LogP contribution >= 0.6 is 12.1 Å². The van der Waals surface area contributed by atoms with Crippen molar-refractivity contribution in [1.82, 2.24) is 9.55 Å². The lowest BCUT2D eigenvalue weighted by atomic mass is 9.91. The molecule has 2 saturated heterocycles. The second-order valence-electron chi connectivity index (χ2n) is 10.9. The van der Waals surface area contributed by atoms with Crippen molar-refractivity contribution in [2.45, 2.75) is 38.7 Å². The number of benzene rings is 3. The molecule has 0 bridgehead atoms. The number of rotatable bonds is 8. The zero-order chi connectivity index (χ0) is 29.6. The number of imidazole rings is 1. The Morgan fingerprint density at radius 2 is 1.37 bits per heavy atom. The Balaban J connectivity index is 1.24. The van der Waals surface area contributed by atoms with Crippen LogP contribution in [-0.4, -0.2) is 41.2 Å². The Morgan fingerprint density at radius 3 is 1.95 bits per heavy atom. The highest BCUT2D eigenvalue weighted by atomic mass is 32.2. The average molecular weight is 597 g/mol. The minimum atomic E-state index is -0.266. The van der Waals surface area contributed by atoms with Gasteiger partial charge in [-0.1, -0.05) is 48.5 Å². The molecule has 0 radical (unpaired) electrons. The number of carbonyl (C=O) groups excluding carboxylic acids is 2. The van der Waals surface area contributed by atoms with Crippen molar-refractivity contribution in [2.24, 2.45) is 11.8 Å². The van der Waals surface area contributed by atoms with Crippen molar-refractivity contribution < 1.29 is 19.1 Å². The van der Waals surface area contributed by atoms with Crippen LogP contribution in [0.2, 0.25) is 0 Å². The quantitative estimate of drug-likeness (QED) is 0.211. The number of carbonyl (C=O) groups is 2. The Hall–Kier alpha value is -3.92. The molecule has 43 heavy (non-hydrogen) atoms. The summed E-state index contributed by atoms with van der Waals surface area (Å²) < 4.78 is 17.1. The molecular weight excluding hydrogens is 560 g/mol. The van der Waals surface area contributed by atoms with Crippen LogP contribution in [0.3, 0.4) is 0 Å². The van der Waals surface area contributed by atoms with Crippen LogP contribution in [0.4, 0.5) is 11.4 Å². The normalized spacial score (nSPS) is 19.1. The average Bonchev–Trinajstić information content (AvgIpc) is 3.51. The molecular formula is C34H36N4O4S. The summed E-state index contributed by atoms with van der Waals surface area (Å²) in [7, 11) is 0. The fourth-order valence-electron chi connectivity index (χ4n) is 5.67. The molecule has 0 saturated carbocycles. The first-order valence-electron chi connectivity index (χ1n) is 14.8. The number of para-hydroxylation sites is 2. The van der Waals surface area contributed by atoms with Gasteiger partial charge < -0.3 is 14.0 Å². The summed E-state index contributed by atoms with van der Waals surface area (Å²) >= 11 is 1.18. The molecule has 222 valence electrons. The molecule has 0 spiro atoms. The van der Waals surface area contributed by atoms with Crippen LogP contribution in [0.5, 0.6) is 0 Å². The minimum Gasteiger partial charge on any atom is -0.381 e. The number of ether oxygens (including phenoxy) is 2. The number of amides is 2. The van der Waals surface area contributed by atoms with Gasteiger partial charge in [-0.15, -0.1) is 0 Å². The van der Waals surface area contributed by atoms with Crippen LogP contribution < -0.4 is 8.61 Å². The van der Waals surface area contributed by atoms with Crippen molar-refractivity contribution in [3.63, 3.8) is 0 Å². The van der Waals surface area contributed by atoms with Gasteiger partial charge in [-0.25, -0.2) is 13.6 Å². The molecule has 3 heterocycles. The third-order valence-corrected chi connectivity index (χ3v) is 9.23. The molecule has 0 N–H and O–H groups in total. The second kappa shape index (κ2) is 13.6. The summed E-state index contributed by atoms with van der Waals surface area (Å²) in [4.78, 5) is 32.6. The van der Waals surface area contributed by atoms with Gasteiger partial charge in [-0.2, -0.15) is 0 Å². The lowest BCUT2D eigenvalue weighted by Gasteiger charge is -2.35. The Morgan fingerprint density at radius 1 is 0.791 bits per heavy atom. The number of anilines is 2. The van der Waals surface area contributed by atoms with Crippen LogP contribution in [0.15, 0.2) is 97.3 Å². The molecule has 2 aliphatic heterocycles. The maximum Gasteiger partial charge on any atom is 0.241 e. The van der Waals surface area contributed by atoms with Gasteiger partial charge in [0.25, 0.3) is 0 Å². The van der Waals surface area contributed by atoms with E-state index in [4.69, 9.17) is 9.47 Å². The van der Waals surface area contributed by atoms with Gasteiger partial charge in [0.1, 0.15) is 5.82 Å². The first kappa shape index (κ1) is 29.2. The maximum absolute atomic E-state index is 14.4. The predicted molar refractivity (Wildman–Crippen MR) is 169 cm³/mol. The van der Waals surface area contributed by atoms with E-state index in [1.165, 1.54) is 12.1 Å². The second-order valence-corrected chi connectivity index (χ2v) is 11.8. The maximum atomic E-state index is 14.4. The Bertz CT molecular complexity index is 1510. The molecule has 0 aliphatic carbocycles. The van der Waals surface area contributed by atoms with E-state index in [0.717, 1.165) is 28.5 Å². The summed E-state index contributed by atoms with van der Waals surface area (Å²) in [6.45, 7) is 3.59. The van der Waals surface area contributed by atoms with Crippen molar-refractivity contribution in [1.29, 1.82) is 0 Å². The van der Waals surface area contributed by atoms with E-state index in [-0.39, 0.29) is 29.8 Å². The number of nitrogens with zero attached hydrogens (tertiary/aromatic N) is 4. The fourth-order valence-corrected chi connectivity index (χ4v) is 6.72. The highest BCUT2D eigenvalue weighted by Crippen LogP contribution is 2.38. The standard InChI is InChI=1S/C34H36N4O4S/c1-25-35-19-20-36(25)29-14-12-26(13-15-29)32-24-28(18-23-42-32)34(40)38(31-10-6-3-7-11-31)43-37(30-8-4-2-5-9-30)33(39)27-16-21-41-22-17-27/h2-15,19-20,27-28,32H,16-18,21-24H2,1H3. The lowest BCUT2D eigenvalue weighted by Crippen LogP contribution is -2.41. The highest BCUT2D eigenvalue weighted by Gasteiger charge is 2.36. The van der Waals surface area contributed by atoms with E-state index in [0.29, 0.717) is 45.5 Å². The third-order valence-electron chi connectivity index (χ3n) is 8.12. The van der Waals surface area contributed by atoms with Crippen molar-refractivity contribution in [3.8, 4) is 5.69 Å². The van der Waals surface area contributed by atoms with Gasteiger partial charge >= 0.3 is 0 Å². The lowest BCUT2D eigenvalue weighted by molar-refractivity contribution is -0.126. The molecule has 6 rings (SSSR count). The van der Waals surface area contributed by atoms with Gasteiger partial charge in [0.05, 0.1) is 29.6 Å². The summed E-state index contributed by atoms with van der Waals surface area (Å²) in [6.07, 6.45) is 6.05. The molecule has 2 fully saturated rings. The van der Waals surface area contributed by atoms with Gasteiger partial charge in [-0.3, -0.25) is 9.59 Å². The van der Waals surface area contributed by atoms with E-state index in [1.54, 1.807) is 14.8 Å². The van der Waals surface area contributed by atoms with E-state index in [9.17, 15) is 9.59 Å². The Labute approximate surface area is 256 Å². The van der Waals surface area contributed by atoms with Crippen molar-refractivity contribution >= 4 is 35.3 Å². The van der Waals surface area contributed by atoms with Crippen molar-refractivity contribution in [3.05, 3.63) is 109 Å². The topological polar surface area (TPSA) is 76.9 Å². The largest absolute Gasteiger partial charge is 0.381 e. The smallest absolute Gasteiger partial charge is 0.241 e. The zero-order valence-corrected chi connectivity index (χ0v) is 25.1. The van der Waals surface area contributed by atoms with E-state index in [1.807, 2.05) is 78.4 Å². The highest BCUT2D eigenvalue weighted by molar-refractivity contribution is 8.03. The number of aryl methyl sites for hydroxylation is 1. The summed E-state index contributed by atoms with van der Waals surface area (Å²) in [5.74, 6) is 0.460. The Kier molecular flexibility index (Phi) is 9.21.